The number of nitrogens with one attached hydrogen (secondary N) is 1. The quantitative estimate of drug-likeness (QED) is 0.208. The van der Waals surface area contributed by atoms with Crippen LogP contribution in [-0.2, 0) is 4.74 Å². The Hall–Kier alpha value is -4.27. The molecule has 0 radical (unpaired) electrons. The molecule has 1 fully saturated rings. The lowest BCUT2D eigenvalue weighted by molar-refractivity contribution is 0.0323. The van der Waals surface area contributed by atoms with E-state index in [1.54, 1.807) is 48.5 Å². The molecule has 208 valence electrons. The van der Waals surface area contributed by atoms with Crippen molar-refractivity contribution >= 4 is 41.1 Å². The topological polar surface area (TPSA) is 107 Å². The van der Waals surface area contributed by atoms with Gasteiger partial charge in [-0.05, 0) is 73.4 Å². The molecule has 6 rings (SSSR count). The fourth-order valence-corrected chi connectivity index (χ4v) is 5.22. The van der Waals surface area contributed by atoms with Gasteiger partial charge in [0, 0.05) is 33.7 Å². The average Bonchev–Trinajstić information content (AvgIpc) is 3.80. The Labute approximate surface area is 245 Å². The SMILES string of the molecule is O=C(O)OC1CCOc2c1cc(Cl)c(Oc1ccc(C(=O)Nc3cccc(-c4ccc(Cl)cc4)n3)cc1)c2C1CC1. The molecular weight excluding hydrogens is 567 g/mol. The summed E-state index contributed by atoms with van der Waals surface area (Å²) in [5.41, 5.74) is 3.44. The van der Waals surface area contributed by atoms with Gasteiger partial charge in [0.05, 0.1) is 17.3 Å². The second-order valence-corrected chi connectivity index (χ2v) is 10.6. The molecule has 1 aliphatic carbocycles. The highest BCUT2D eigenvalue weighted by molar-refractivity contribution is 6.32. The van der Waals surface area contributed by atoms with Crippen molar-refractivity contribution in [1.82, 2.24) is 4.98 Å². The smallest absolute Gasteiger partial charge is 0.493 e. The number of pyridine rings is 1. The molecule has 3 aromatic carbocycles. The van der Waals surface area contributed by atoms with Crippen molar-refractivity contribution in [3.8, 4) is 28.5 Å². The molecule has 4 aromatic rings. The number of anilines is 1. The van der Waals surface area contributed by atoms with E-state index >= 15 is 0 Å². The van der Waals surface area contributed by atoms with Crippen LogP contribution in [0.5, 0.6) is 17.2 Å². The van der Waals surface area contributed by atoms with Gasteiger partial charge in [-0.1, -0.05) is 41.4 Å². The summed E-state index contributed by atoms with van der Waals surface area (Å²) in [6.45, 7) is 0.326. The molecule has 0 bridgehead atoms. The molecule has 1 aliphatic heterocycles. The van der Waals surface area contributed by atoms with Gasteiger partial charge in [-0.2, -0.15) is 0 Å². The molecular formula is C31H24Cl2N2O6. The van der Waals surface area contributed by atoms with Crippen molar-refractivity contribution < 1.29 is 28.9 Å². The lowest BCUT2D eigenvalue weighted by Crippen LogP contribution is -2.20. The number of ether oxygens (including phenoxy) is 3. The number of fused-ring (bicyclic) bond motifs is 1. The highest BCUT2D eigenvalue weighted by Gasteiger charge is 2.37. The van der Waals surface area contributed by atoms with Crippen LogP contribution in [-0.4, -0.2) is 28.8 Å². The van der Waals surface area contributed by atoms with Gasteiger partial charge < -0.3 is 24.6 Å². The third-order valence-electron chi connectivity index (χ3n) is 6.92. The number of carboxylic acid groups (broad SMARTS) is 1. The molecule has 1 unspecified atom stereocenters. The molecule has 41 heavy (non-hydrogen) atoms. The Morgan fingerprint density at radius 1 is 0.976 bits per heavy atom. The highest BCUT2D eigenvalue weighted by Crippen LogP contribution is 2.55. The molecule has 0 saturated heterocycles. The van der Waals surface area contributed by atoms with Crippen LogP contribution in [0.1, 0.15) is 52.8 Å². The Kier molecular flexibility index (Phi) is 7.43. The minimum atomic E-state index is -1.35. The lowest BCUT2D eigenvalue weighted by Gasteiger charge is -2.28. The van der Waals surface area contributed by atoms with Gasteiger partial charge in [0.1, 0.15) is 23.4 Å². The van der Waals surface area contributed by atoms with Gasteiger partial charge in [0.15, 0.2) is 5.75 Å². The van der Waals surface area contributed by atoms with Crippen molar-refractivity contribution in [2.75, 3.05) is 11.9 Å². The molecule has 0 spiro atoms. The summed E-state index contributed by atoms with van der Waals surface area (Å²) in [6, 6.07) is 21.1. The van der Waals surface area contributed by atoms with Gasteiger partial charge in [-0.3, -0.25) is 4.79 Å². The first-order chi connectivity index (χ1) is 19.9. The fraction of sp³-hybridized carbons (Fsp3) is 0.194. The van der Waals surface area contributed by atoms with Crippen molar-refractivity contribution in [3.05, 3.63) is 99.5 Å². The fourth-order valence-electron chi connectivity index (χ4n) is 4.84. The minimum absolute atomic E-state index is 0.196. The van der Waals surface area contributed by atoms with E-state index in [2.05, 4.69) is 10.3 Å². The molecule has 1 atom stereocenters. The number of hydrogen-bond acceptors (Lipinski definition) is 6. The maximum Gasteiger partial charge on any atom is 0.506 e. The molecule has 8 nitrogen and oxygen atoms in total. The number of carbonyl (C=O) groups excluding carboxylic acids is 1. The Balaban J connectivity index is 1.20. The summed E-state index contributed by atoms with van der Waals surface area (Å²) in [4.78, 5) is 28.7. The first-order valence-corrected chi connectivity index (χ1v) is 13.8. The Morgan fingerprint density at radius 3 is 2.44 bits per heavy atom. The maximum atomic E-state index is 12.9. The lowest BCUT2D eigenvalue weighted by atomic mass is 9.96. The van der Waals surface area contributed by atoms with Crippen LogP contribution in [0.3, 0.4) is 0 Å². The van der Waals surface area contributed by atoms with E-state index in [1.807, 2.05) is 24.3 Å². The minimum Gasteiger partial charge on any atom is -0.493 e. The molecule has 10 heteroatoms. The first kappa shape index (κ1) is 26.9. The number of halogens is 2. The predicted molar refractivity (Wildman–Crippen MR) is 155 cm³/mol. The largest absolute Gasteiger partial charge is 0.506 e. The zero-order chi connectivity index (χ0) is 28.5. The second kappa shape index (κ2) is 11.3. The highest BCUT2D eigenvalue weighted by atomic mass is 35.5. The van der Waals surface area contributed by atoms with E-state index in [0.717, 1.165) is 24.0 Å². The van der Waals surface area contributed by atoms with Crippen molar-refractivity contribution in [3.63, 3.8) is 0 Å². The van der Waals surface area contributed by atoms with Gasteiger partial charge in [0.25, 0.3) is 5.91 Å². The van der Waals surface area contributed by atoms with Gasteiger partial charge >= 0.3 is 6.16 Å². The predicted octanol–water partition coefficient (Wildman–Crippen LogP) is 8.50. The normalized spacial score (nSPS) is 15.8. The number of carbonyl (C=O) groups is 2. The number of nitrogens with zero attached hydrogens (tertiary/aromatic N) is 1. The summed E-state index contributed by atoms with van der Waals surface area (Å²) in [5.74, 6) is 1.83. The standard InChI is InChI=1S/C31H24Cl2N2O6/c32-20-10-6-17(7-11-20)24-2-1-3-26(34-24)35-30(36)19-8-12-21(13-9-19)40-29-23(33)16-22-25(41-31(37)38)14-15-39-28(22)27(29)18-4-5-18/h1-3,6-13,16,18,25H,4-5,14-15H2,(H,37,38)(H,34,35,36). The van der Waals surface area contributed by atoms with E-state index in [9.17, 15) is 9.59 Å². The summed E-state index contributed by atoms with van der Waals surface area (Å²) in [6.07, 6.45) is 0.303. The van der Waals surface area contributed by atoms with Crippen LogP contribution in [0.2, 0.25) is 10.0 Å². The number of hydrogen-bond donors (Lipinski definition) is 2. The monoisotopic (exact) mass is 590 g/mol. The van der Waals surface area contributed by atoms with E-state index in [-0.39, 0.29) is 11.8 Å². The van der Waals surface area contributed by atoms with Crippen molar-refractivity contribution in [2.45, 2.75) is 31.3 Å². The molecule has 2 aliphatic rings. The number of amides is 1. The summed E-state index contributed by atoms with van der Waals surface area (Å²) >= 11 is 12.6. The zero-order valence-electron chi connectivity index (χ0n) is 21.6. The van der Waals surface area contributed by atoms with E-state index in [4.69, 9.17) is 42.5 Å². The molecule has 1 aromatic heterocycles. The second-order valence-electron chi connectivity index (χ2n) is 9.80. The van der Waals surface area contributed by atoms with E-state index in [0.29, 0.717) is 63.0 Å². The Bertz CT molecular complexity index is 1620. The number of rotatable bonds is 7. The van der Waals surface area contributed by atoms with Crippen molar-refractivity contribution in [1.29, 1.82) is 0 Å². The first-order valence-electron chi connectivity index (χ1n) is 13.1. The summed E-state index contributed by atoms with van der Waals surface area (Å²) in [7, 11) is 0. The van der Waals surface area contributed by atoms with Gasteiger partial charge in [-0.15, -0.1) is 0 Å². The average molecular weight is 591 g/mol. The van der Waals surface area contributed by atoms with Crippen molar-refractivity contribution in [2.24, 2.45) is 0 Å². The van der Waals surface area contributed by atoms with E-state index in [1.165, 1.54) is 0 Å². The molecule has 1 amide bonds. The Morgan fingerprint density at radius 2 is 1.73 bits per heavy atom. The van der Waals surface area contributed by atoms with E-state index < -0.39 is 12.3 Å². The third-order valence-corrected chi connectivity index (χ3v) is 7.45. The molecule has 2 heterocycles. The summed E-state index contributed by atoms with van der Waals surface area (Å²) in [5, 5.41) is 13.0. The third kappa shape index (κ3) is 5.94. The molecule has 2 N–H and O–H groups in total. The van der Waals surface area contributed by atoms with Crippen LogP contribution in [0.4, 0.5) is 10.6 Å². The van der Waals surface area contributed by atoms with Gasteiger partial charge in [0.2, 0.25) is 0 Å². The van der Waals surface area contributed by atoms with Crippen LogP contribution in [0.25, 0.3) is 11.3 Å². The van der Waals surface area contributed by atoms with Crippen LogP contribution >= 0.6 is 23.2 Å². The van der Waals surface area contributed by atoms with Gasteiger partial charge in [-0.25, -0.2) is 9.78 Å². The number of benzene rings is 3. The van der Waals surface area contributed by atoms with Crippen LogP contribution in [0, 0.1) is 0 Å². The maximum absolute atomic E-state index is 12.9. The van der Waals surface area contributed by atoms with Crippen LogP contribution < -0.4 is 14.8 Å². The van der Waals surface area contributed by atoms with Crippen LogP contribution in [0.15, 0.2) is 72.8 Å². The number of aromatic nitrogens is 1. The summed E-state index contributed by atoms with van der Waals surface area (Å²) < 4.78 is 17.3. The zero-order valence-corrected chi connectivity index (χ0v) is 23.1. The molecule has 1 saturated carbocycles.